The Hall–Kier alpha value is -3.49. The van der Waals surface area contributed by atoms with E-state index in [0.717, 1.165) is 0 Å². The number of hydrogen-bond acceptors (Lipinski definition) is 7. The van der Waals surface area contributed by atoms with Gasteiger partial charge in [-0.15, -0.1) is 0 Å². The largest absolute Gasteiger partial charge is 0.465 e. The van der Waals surface area contributed by atoms with Crippen molar-refractivity contribution in [3.05, 3.63) is 51.7 Å². The lowest BCUT2D eigenvalue weighted by Gasteiger charge is -2.12. The Morgan fingerprint density at radius 3 is 2.73 bits per heavy atom. The summed E-state index contributed by atoms with van der Waals surface area (Å²) in [4.78, 5) is 41.0. The van der Waals surface area contributed by atoms with Crippen molar-refractivity contribution in [1.82, 2.24) is 14.7 Å². The summed E-state index contributed by atoms with van der Waals surface area (Å²) in [5, 5.41) is 6.58. The van der Waals surface area contributed by atoms with E-state index < -0.39 is 17.4 Å². The lowest BCUT2D eigenvalue weighted by molar-refractivity contribution is -0.116. The fourth-order valence-electron chi connectivity index (χ4n) is 2.57. The molecule has 0 bridgehead atoms. The molecule has 134 valence electrons. The normalized spacial score (nSPS) is 10.7. The first kappa shape index (κ1) is 17.3. The number of para-hydroxylation sites is 1. The van der Waals surface area contributed by atoms with E-state index in [1.165, 1.54) is 17.7 Å². The quantitative estimate of drug-likeness (QED) is 0.703. The second-order valence-corrected chi connectivity index (χ2v) is 5.58. The number of nitrogens with zero attached hydrogens (tertiary/aromatic N) is 3. The lowest BCUT2D eigenvalue weighted by Crippen LogP contribution is -2.30. The molecule has 0 saturated heterocycles. The van der Waals surface area contributed by atoms with Crippen LogP contribution in [0.2, 0.25) is 0 Å². The molecular weight excluding hydrogens is 340 g/mol. The number of nitrogens with one attached hydrogen (secondary N) is 1. The number of methoxy groups -OCH3 is 1. The van der Waals surface area contributed by atoms with Crippen LogP contribution in [-0.4, -0.2) is 33.7 Å². The average molecular weight is 356 g/mol. The number of aryl methyl sites for hydroxylation is 2. The molecule has 9 heteroatoms. The highest BCUT2D eigenvalue weighted by Crippen LogP contribution is 2.16. The Bertz CT molecular complexity index is 1070. The van der Waals surface area contributed by atoms with Gasteiger partial charge in [-0.05, 0) is 26.0 Å². The van der Waals surface area contributed by atoms with E-state index in [1.807, 2.05) is 0 Å². The standard InChI is InChI=1S/C17H16N4O5/c1-9-14-15(26-20-9)18-10(2)21(16(14)23)8-13(22)19-12-7-5-4-6-11(12)17(24)25-3/h4-7H,8H2,1-3H3,(H,19,22). The Morgan fingerprint density at radius 2 is 2.00 bits per heavy atom. The van der Waals surface area contributed by atoms with Gasteiger partial charge >= 0.3 is 5.97 Å². The van der Waals surface area contributed by atoms with E-state index in [9.17, 15) is 14.4 Å². The number of esters is 1. The van der Waals surface area contributed by atoms with Crippen molar-refractivity contribution in [2.24, 2.45) is 0 Å². The second-order valence-electron chi connectivity index (χ2n) is 5.58. The lowest BCUT2D eigenvalue weighted by atomic mass is 10.2. The van der Waals surface area contributed by atoms with Crippen molar-refractivity contribution in [3.63, 3.8) is 0 Å². The molecule has 3 aromatic rings. The van der Waals surface area contributed by atoms with E-state index in [4.69, 9.17) is 9.26 Å². The third-order valence-electron chi connectivity index (χ3n) is 3.87. The highest BCUT2D eigenvalue weighted by atomic mass is 16.5. The zero-order valence-electron chi connectivity index (χ0n) is 14.4. The molecule has 0 saturated carbocycles. The number of aromatic nitrogens is 3. The second kappa shape index (κ2) is 6.79. The van der Waals surface area contributed by atoms with Crippen LogP contribution in [0.1, 0.15) is 21.9 Å². The first-order valence-corrected chi connectivity index (χ1v) is 7.73. The third-order valence-corrected chi connectivity index (χ3v) is 3.87. The molecule has 0 aliphatic carbocycles. The van der Waals surface area contributed by atoms with Crippen molar-refractivity contribution in [3.8, 4) is 0 Å². The van der Waals surface area contributed by atoms with Gasteiger partial charge in [0.05, 0.1) is 24.1 Å². The predicted octanol–water partition coefficient (Wildman–Crippen LogP) is 1.43. The van der Waals surface area contributed by atoms with E-state index in [0.29, 0.717) is 17.2 Å². The fraction of sp³-hybridized carbons (Fsp3) is 0.235. The number of benzene rings is 1. The van der Waals surface area contributed by atoms with E-state index in [1.54, 1.807) is 32.0 Å². The van der Waals surface area contributed by atoms with Crippen LogP contribution in [0, 0.1) is 13.8 Å². The number of carbonyl (C=O) groups excluding carboxylic acids is 2. The van der Waals surface area contributed by atoms with Crippen LogP contribution in [0.3, 0.4) is 0 Å². The summed E-state index contributed by atoms with van der Waals surface area (Å²) in [6, 6.07) is 6.44. The minimum atomic E-state index is -0.572. The molecule has 9 nitrogen and oxygen atoms in total. The Kier molecular flexibility index (Phi) is 4.53. The molecule has 0 aliphatic rings. The topological polar surface area (TPSA) is 116 Å². The van der Waals surface area contributed by atoms with Gasteiger partial charge in [0.2, 0.25) is 5.91 Å². The summed E-state index contributed by atoms with van der Waals surface area (Å²) in [6.07, 6.45) is 0. The molecule has 1 N–H and O–H groups in total. The van der Waals surface area contributed by atoms with Gasteiger partial charge in [0.25, 0.3) is 11.3 Å². The van der Waals surface area contributed by atoms with Gasteiger partial charge in [-0.2, -0.15) is 4.98 Å². The zero-order valence-corrected chi connectivity index (χ0v) is 14.4. The summed E-state index contributed by atoms with van der Waals surface area (Å²) < 4.78 is 10.9. The maximum Gasteiger partial charge on any atom is 0.339 e. The summed E-state index contributed by atoms with van der Waals surface area (Å²) in [5.74, 6) is -0.741. The highest BCUT2D eigenvalue weighted by Gasteiger charge is 2.18. The summed E-state index contributed by atoms with van der Waals surface area (Å²) in [6.45, 7) is 2.95. The van der Waals surface area contributed by atoms with Crippen LogP contribution >= 0.6 is 0 Å². The Labute approximate surface area is 147 Å². The molecular formula is C17H16N4O5. The summed E-state index contributed by atoms with van der Waals surface area (Å²) in [7, 11) is 1.26. The number of amides is 1. The highest BCUT2D eigenvalue weighted by molar-refractivity contribution is 6.01. The zero-order chi connectivity index (χ0) is 18.8. The van der Waals surface area contributed by atoms with Crippen molar-refractivity contribution in [2.45, 2.75) is 20.4 Å². The molecule has 2 heterocycles. The molecule has 2 aromatic heterocycles. The van der Waals surface area contributed by atoms with Crippen LogP contribution in [-0.2, 0) is 16.1 Å². The predicted molar refractivity (Wildman–Crippen MR) is 91.9 cm³/mol. The van der Waals surface area contributed by atoms with Crippen LogP contribution in [0.15, 0.2) is 33.6 Å². The molecule has 0 radical (unpaired) electrons. The van der Waals surface area contributed by atoms with Crippen LogP contribution < -0.4 is 10.9 Å². The van der Waals surface area contributed by atoms with Crippen molar-refractivity contribution >= 4 is 28.7 Å². The molecule has 0 spiro atoms. The maximum atomic E-state index is 12.6. The van der Waals surface area contributed by atoms with Gasteiger partial charge < -0.3 is 14.6 Å². The van der Waals surface area contributed by atoms with Gasteiger partial charge in [-0.25, -0.2) is 4.79 Å². The molecule has 0 fully saturated rings. The molecule has 3 rings (SSSR count). The van der Waals surface area contributed by atoms with Gasteiger partial charge in [0, 0.05) is 0 Å². The third kappa shape index (κ3) is 3.06. The van der Waals surface area contributed by atoms with E-state index in [-0.39, 0.29) is 23.2 Å². The fourth-order valence-corrected chi connectivity index (χ4v) is 2.57. The smallest absolute Gasteiger partial charge is 0.339 e. The van der Waals surface area contributed by atoms with Gasteiger partial charge in [-0.1, -0.05) is 17.3 Å². The molecule has 1 amide bonds. The first-order valence-electron chi connectivity index (χ1n) is 7.73. The van der Waals surface area contributed by atoms with Crippen LogP contribution in [0.5, 0.6) is 0 Å². The number of ether oxygens (including phenoxy) is 1. The monoisotopic (exact) mass is 356 g/mol. The number of hydrogen-bond donors (Lipinski definition) is 1. The SMILES string of the molecule is COC(=O)c1ccccc1NC(=O)Cn1c(C)nc2onc(C)c2c1=O. The number of carbonyl (C=O) groups is 2. The van der Waals surface area contributed by atoms with E-state index >= 15 is 0 Å². The molecule has 0 unspecified atom stereocenters. The maximum absolute atomic E-state index is 12.6. The molecule has 1 aromatic carbocycles. The number of fused-ring (bicyclic) bond motifs is 1. The Morgan fingerprint density at radius 1 is 1.27 bits per heavy atom. The minimum absolute atomic E-state index is 0.137. The van der Waals surface area contributed by atoms with Crippen molar-refractivity contribution in [1.29, 1.82) is 0 Å². The van der Waals surface area contributed by atoms with Crippen molar-refractivity contribution in [2.75, 3.05) is 12.4 Å². The van der Waals surface area contributed by atoms with Gasteiger partial charge in [0.1, 0.15) is 17.8 Å². The summed E-state index contributed by atoms with van der Waals surface area (Å²) in [5.41, 5.74) is 0.643. The van der Waals surface area contributed by atoms with Gasteiger partial charge in [0.15, 0.2) is 0 Å². The first-order chi connectivity index (χ1) is 12.4. The Balaban J connectivity index is 1.90. The average Bonchev–Trinajstić information content (AvgIpc) is 2.99. The van der Waals surface area contributed by atoms with Crippen LogP contribution in [0.4, 0.5) is 5.69 Å². The number of rotatable bonds is 4. The molecule has 0 atom stereocenters. The van der Waals surface area contributed by atoms with Crippen LogP contribution in [0.25, 0.3) is 11.1 Å². The minimum Gasteiger partial charge on any atom is -0.465 e. The van der Waals surface area contributed by atoms with Gasteiger partial charge in [-0.3, -0.25) is 14.2 Å². The molecule has 0 aliphatic heterocycles. The van der Waals surface area contributed by atoms with Crippen molar-refractivity contribution < 1.29 is 18.8 Å². The number of anilines is 1. The summed E-state index contributed by atoms with van der Waals surface area (Å²) >= 11 is 0. The molecule has 26 heavy (non-hydrogen) atoms. The van der Waals surface area contributed by atoms with E-state index in [2.05, 4.69) is 15.5 Å².